The minimum atomic E-state index is -2.43. The molecule has 1 atom stereocenters. The number of nitrogens with one attached hydrogen (secondary N) is 3. The predicted octanol–water partition coefficient (Wildman–Crippen LogP) is 1.38. The second-order valence-electron chi connectivity index (χ2n) is 5.31. The molecule has 0 saturated heterocycles. The molecule has 0 aliphatic rings. The molecule has 4 N–H and O–H groups in total. The molecule has 0 heterocycles. The number of hydrazine groups is 1. The minimum absolute atomic E-state index is 0.320. The summed E-state index contributed by atoms with van der Waals surface area (Å²) in [6.45, 7) is 4.85. The third-order valence-corrected chi connectivity index (χ3v) is 2.57. The number of carbonyl (C=O) groups is 2. The molecule has 23 heavy (non-hydrogen) atoms. The number of ether oxygens (including phenoxy) is 1. The third kappa shape index (κ3) is 8.14. The lowest BCUT2D eigenvalue weighted by Crippen LogP contribution is -2.35. The molecule has 1 unspecified atom stereocenters. The quantitative estimate of drug-likeness (QED) is 0.348. The highest BCUT2D eigenvalue weighted by Gasteiger charge is 2.15. The highest BCUT2D eigenvalue weighted by Crippen LogP contribution is 2.10. The Balaban J connectivity index is 2.45. The van der Waals surface area contributed by atoms with E-state index in [4.69, 9.17) is 9.29 Å². The minimum Gasteiger partial charge on any atom is -0.443 e. The first-order chi connectivity index (χ1) is 10.7. The lowest BCUT2D eigenvalue weighted by Gasteiger charge is -2.20. The van der Waals surface area contributed by atoms with E-state index in [1.165, 1.54) is 12.1 Å². The zero-order valence-corrected chi connectivity index (χ0v) is 13.7. The molecule has 128 valence electrons. The van der Waals surface area contributed by atoms with Gasteiger partial charge in [0.2, 0.25) is 0 Å². The Labute approximate surface area is 136 Å². The largest absolute Gasteiger partial charge is 0.443 e. The first-order valence-corrected chi connectivity index (χ1v) is 7.58. The maximum atomic E-state index is 11.7. The lowest BCUT2D eigenvalue weighted by molar-refractivity contribution is 0.0540. The van der Waals surface area contributed by atoms with Crippen LogP contribution in [-0.4, -0.2) is 33.1 Å². The van der Waals surface area contributed by atoms with Crippen molar-refractivity contribution in [2.24, 2.45) is 0 Å². The van der Waals surface area contributed by atoms with Crippen molar-refractivity contribution in [3.8, 4) is 0 Å². The number of amides is 2. The van der Waals surface area contributed by atoms with Gasteiger partial charge in [0, 0.05) is 5.56 Å². The van der Waals surface area contributed by atoms with E-state index >= 15 is 0 Å². The van der Waals surface area contributed by atoms with Crippen LogP contribution in [0.2, 0.25) is 0 Å². The number of hydrogen-bond donors (Lipinski definition) is 4. The van der Waals surface area contributed by atoms with Crippen molar-refractivity contribution >= 4 is 29.0 Å². The Morgan fingerprint density at radius 2 is 1.83 bits per heavy atom. The molecule has 2 amide bonds. The monoisotopic (exact) mass is 345 g/mol. The molecule has 0 aliphatic heterocycles. The Morgan fingerprint density at radius 3 is 2.35 bits per heavy atom. The molecule has 0 aliphatic carbocycles. The van der Waals surface area contributed by atoms with Crippen molar-refractivity contribution in [3.63, 3.8) is 0 Å². The van der Waals surface area contributed by atoms with Crippen molar-refractivity contribution in [1.29, 1.82) is 0 Å². The van der Waals surface area contributed by atoms with Gasteiger partial charge in [0.1, 0.15) is 12.3 Å². The van der Waals surface area contributed by atoms with Crippen LogP contribution in [0, 0.1) is 0 Å². The molecule has 9 nitrogen and oxygen atoms in total. The van der Waals surface area contributed by atoms with E-state index in [1.807, 2.05) is 0 Å². The van der Waals surface area contributed by atoms with Crippen LogP contribution in [0.4, 0.5) is 10.5 Å². The van der Waals surface area contributed by atoms with E-state index in [0.717, 1.165) is 0 Å². The highest BCUT2D eigenvalue weighted by atomic mass is 32.2. The standard InChI is InChI=1S/C13H19N3O6S/c1-13(2,3)22-12(18)16-15-10-6-4-9(5-7-10)11(17)14-8-21-23(19)20/h4-7,15H,8H2,1-3H3,(H,14,17)(H,16,18)(H,19,20). The Hall–Kier alpha value is -2.17. The molecule has 0 bridgehead atoms. The van der Waals surface area contributed by atoms with E-state index < -0.39 is 29.0 Å². The summed E-state index contributed by atoms with van der Waals surface area (Å²) in [5, 5.41) is 2.30. The number of anilines is 1. The fourth-order valence-electron chi connectivity index (χ4n) is 1.38. The van der Waals surface area contributed by atoms with Crippen molar-refractivity contribution < 1.29 is 27.3 Å². The summed E-state index contributed by atoms with van der Waals surface area (Å²) in [4.78, 5) is 23.1. The van der Waals surface area contributed by atoms with Crippen LogP contribution in [0.25, 0.3) is 0 Å². The molecule has 0 aromatic heterocycles. The van der Waals surface area contributed by atoms with Gasteiger partial charge in [-0.15, -0.1) is 0 Å². The maximum absolute atomic E-state index is 11.7. The molecule has 1 aromatic rings. The van der Waals surface area contributed by atoms with Gasteiger partial charge in [-0.2, -0.15) is 4.21 Å². The van der Waals surface area contributed by atoms with Gasteiger partial charge >= 0.3 is 17.5 Å². The van der Waals surface area contributed by atoms with Crippen LogP contribution in [0.1, 0.15) is 31.1 Å². The normalized spacial score (nSPS) is 12.2. The molecule has 0 spiro atoms. The number of hydrogen-bond acceptors (Lipinski definition) is 6. The van der Waals surface area contributed by atoms with Crippen molar-refractivity contribution in [3.05, 3.63) is 29.8 Å². The topological polar surface area (TPSA) is 126 Å². The van der Waals surface area contributed by atoms with Gasteiger partial charge < -0.3 is 10.1 Å². The molecule has 1 rings (SSSR count). The fourth-order valence-corrected chi connectivity index (χ4v) is 1.54. The maximum Gasteiger partial charge on any atom is 0.426 e. The van der Waals surface area contributed by atoms with Crippen molar-refractivity contribution in [1.82, 2.24) is 10.7 Å². The number of benzene rings is 1. The summed E-state index contributed by atoms with van der Waals surface area (Å²) in [5.41, 5.74) is 5.25. The van der Waals surface area contributed by atoms with Crippen LogP contribution >= 0.6 is 0 Å². The van der Waals surface area contributed by atoms with E-state index in [9.17, 15) is 13.8 Å². The molecular weight excluding hydrogens is 326 g/mol. The summed E-state index contributed by atoms with van der Waals surface area (Å²) in [6, 6.07) is 6.14. The van der Waals surface area contributed by atoms with Gasteiger partial charge in [-0.05, 0) is 45.0 Å². The molecule has 0 saturated carbocycles. The number of carbonyl (C=O) groups excluding carboxylic acids is 2. The van der Waals surface area contributed by atoms with E-state index in [-0.39, 0.29) is 6.73 Å². The van der Waals surface area contributed by atoms with Gasteiger partial charge in [-0.25, -0.2) is 14.4 Å². The van der Waals surface area contributed by atoms with Gasteiger partial charge in [-0.3, -0.25) is 14.8 Å². The average molecular weight is 345 g/mol. The Bertz CT molecular complexity index is 570. The highest BCUT2D eigenvalue weighted by molar-refractivity contribution is 7.74. The molecule has 0 radical (unpaired) electrons. The second-order valence-corrected chi connectivity index (χ2v) is 5.98. The van der Waals surface area contributed by atoms with Crippen molar-refractivity contribution in [2.45, 2.75) is 26.4 Å². The first-order valence-electron chi connectivity index (χ1n) is 6.55. The van der Waals surface area contributed by atoms with Crippen LogP contribution < -0.4 is 16.2 Å². The van der Waals surface area contributed by atoms with Crippen LogP contribution in [0.3, 0.4) is 0 Å². The van der Waals surface area contributed by atoms with Crippen LogP contribution in [0.15, 0.2) is 24.3 Å². The first kappa shape index (κ1) is 18.9. The summed E-state index contributed by atoms with van der Waals surface area (Å²) >= 11 is -2.43. The summed E-state index contributed by atoms with van der Waals surface area (Å²) in [6.07, 6.45) is -0.631. The van der Waals surface area contributed by atoms with Crippen molar-refractivity contribution in [2.75, 3.05) is 12.2 Å². The SMILES string of the molecule is CC(C)(C)OC(=O)NNc1ccc(C(=O)NCOS(=O)O)cc1. The molecule has 0 fully saturated rings. The third-order valence-electron chi connectivity index (χ3n) is 2.25. The summed E-state index contributed by atoms with van der Waals surface area (Å²) in [7, 11) is 0. The zero-order valence-electron chi connectivity index (χ0n) is 12.9. The smallest absolute Gasteiger partial charge is 0.426 e. The van der Waals surface area contributed by atoms with E-state index in [0.29, 0.717) is 11.3 Å². The average Bonchev–Trinajstić information content (AvgIpc) is 2.43. The van der Waals surface area contributed by atoms with Gasteiger partial charge in [0.25, 0.3) is 5.91 Å². The molecular formula is C13H19N3O6S. The van der Waals surface area contributed by atoms with E-state index in [2.05, 4.69) is 20.4 Å². The lowest BCUT2D eigenvalue weighted by atomic mass is 10.2. The van der Waals surface area contributed by atoms with Gasteiger partial charge in [0.05, 0.1) is 5.69 Å². The predicted molar refractivity (Wildman–Crippen MR) is 83.6 cm³/mol. The second kappa shape index (κ2) is 8.46. The summed E-state index contributed by atoms with van der Waals surface area (Å²) < 4.78 is 28.0. The van der Waals surface area contributed by atoms with Gasteiger partial charge in [0.15, 0.2) is 0 Å². The van der Waals surface area contributed by atoms with Crippen LogP contribution in [-0.2, 0) is 20.3 Å². The Morgan fingerprint density at radius 1 is 1.22 bits per heavy atom. The van der Waals surface area contributed by atoms with Crippen LogP contribution in [0.5, 0.6) is 0 Å². The van der Waals surface area contributed by atoms with E-state index in [1.54, 1.807) is 32.9 Å². The zero-order chi connectivity index (χ0) is 17.5. The Kier molecular flexibility index (Phi) is 6.94. The summed E-state index contributed by atoms with van der Waals surface area (Å²) in [5.74, 6) is -0.470. The van der Waals surface area contributed by atoms with Gasteiger partial charge in [-0.1, -0.05) is 0 Å². The number of rotatable bonds is 6. The molecule has 10 heteroatoms. The molecule has 1 aromatic carbocycles. The fraction of sp³-hybridized carbons (Fsp3) is 0.385.